The summed E-state index contributed by atoms with van der Waals surface area (Å²) in [5.74, 6) is 0.668. The molecule has 17 heavy (non-hydrogen) atoms. The van der Waals surface area contributed by atoms with E-state index in [1.807, 2.05) is 0 Å². The Kier molecular flexibility index (Phi) is 2.76. The van der Waals surface area contributed by atoms with Crippen molar-refractivity contribution in [2.75, 3.05) is 14.2 Å². The fourth-order valence-electron chi connectivity index (χ4n) is 1.65. The van der Waals surface area contributed by atoms with Gasteiger partial charge in [0.2, 0.25) is 5.72 Å². The zero-order chi connectivity index (χ0) is 12.6. The van der Waals surface area contributed by atoms with Crippen molar-refractivity contribution in [2.24, 2.45) is 0 Å². The van der Waals surface area contributed by atoms with Crippen molar-refractivity contribution < 1.29 is 14.6 Å². The molecule has 0 saturated carbocycles. The number of urea groups is 1. The number of carbonyl (C=O) groups excluding carboxylic acids is 1. The molecule has 0 unspecified atom stereocenters. The second kappa shape index (κ2) is 3.97. The van der Waals surface area contributed by atoms with Crippen LogP contribution >= 0.6 is 12.2 Å². The second-order valence-electron chi connectivity index (χ2n) is 3.73. The Morgan fingerprint density at radius 3 is 2.41 bits per heavy atom. The van der Waals surface area contributed by atoms with Crippen LogP contribution in [0.25, 0.3) is 0 Å². The van der Waals surface area contributed by atoms with Crippen LogP contribution in [0.15, 0.2) is 24.3 Å². The smallest absolute Gasteiger partial charge is 0.324 e. The summed E-state index contributed by atoms with van der Waals surface area (Å²) in [5.41, 5.74) is -1.12. The molecule has 0 spiro atoms. The summed E-state index contributed by atoms with van der Waals surface area (Å²) in [6.45, 7) is 0. The molecule has 6 heteroatoms. The molecule has 5 nitrogen and oxygen atoms in total. The number of thiocarbonyl (C=S) groups is 1. The van der Waals surface area contributed by atoms with E-state index in [1.165, 1.54) is 11.9 Å². The quantitative estimate of drug-likeness (QED) is 0.765. The maximum absolute atomic E-state index is 11.4. The van der Waals surface area contributed by atoms with Gasteiger partial charge in [-0.1, -0.05) is 24.4 Å². The number of benzene rings is 1. The summed E-state index contributed by atoms with van der Waals surface area (Å²) in [7, 11) is 3.07. The van der Waals surface area contributed by atoms with Gasteiger partial charge < -0.3 is 9.84 Å². The predicted octanol–water partition coefficient (Wildman–Crippen LogP) is 0.823. The van der Waals surface area contributed by atoms with E-state index in [0.717, 1.165) is 0 Å². The maximum atomic E-state index is 11.4. The van der Waals surface area contributed by atoms with Crippen molar-refractivity contribution in [1.29, 1.82) is 0 Å². The number of amides is 2. The lowest BCUT2D eigenvalue weighted by molar-refractivity contribution is 0.0958. The van der Waals surface area contributed by atoms with Crippen LogP contribution in [0.5, 0.6) is 5.75 Å². The van der Waals surface area contributed by atoms with Crippen LogP contribution in [0, 0.1) is 0 Å². The first-order valence-electron chi connectivity index (χ1n) is 4.96. The summed E-state index contributed by atoms with van der Waals surface area (Å²) in [6, 6.07) is 6.28. The molecule has 1 heterocycles. The average molecular weight is 252 g/mol. The van der Waals surface area contributed by atoms with Gasteiger partial charge in [0.25, 0.3) is 0 Å². The minimum Gasteiger partial charge on any atom is -0.497 e. The monoisotopic (exact) mass is 252 g/mol. The molecule has 0 aromatic heterocycles. The fraction of sp³-hybridized carbons (Fsp3) is 0.273. The van der Waals surface area contributed by atoms with Gasteiger partial charge in [-0.25, -0.2) is 4.79 Å². The topological polar surface area (TPSA) is 61.8 Å². The molecule has 2 N–H and O–H groups in total. The highest BCUT2D eigenvalue weighted by Crippen LogP contribution is 2.28. The molecule has 0 bridgehead atoms. The van der Waals surface area contributed by atoms with Crippen molar-refractivity contribution in [3.05, 3.63) is 29.8 Å². The second-order valence-corrected chi connectivity index (χ2v) is 4.12. The van der Waals surface area contributed by atoms with Crippen molar-refractivity contribution in [3.8, 4) is 5.75 Å². The van der Waals surface area contributed by atoms with E-state index in [4.69, 9.17) is 17.0 Å². The molecule has 1 saturated heterocycles. The van der Waals surface area contributed by atoms with Crippen LogP contribution in [0.3, 0.4) is 0 Å². The highest BCUT2D eigenvalue weighted by atomic mass is 32.1. The third kappa shape index (κ3) is 1.75. The molecule has 1 atom stereocenters. The summed E-state index contributed by atoms with van der Waals surface area (Å²) < 4.78 is 5.02. The zero-order valence-electron chi connectivity index (χ0n) is 9.43. The molecular formula is C11H12N2O3S. The van der Waals surface area contributed by atoms with E-state index in [-0.39, 0.29) is 4.99 Å². The van der Waals surface area contributed by atoms with E-state index < -0.39 is 11.8 Å². The van der Waals surface area contributed by atoms with Crippen LogP contribution in [-0.4, -0.2) is 35.2 Å². The molecule has 1 aliphatic heterocycles. The van der Waals surface area contributed by atoms with E-state index in [1.54, 1.807) is 31.4 Å². The first-order valence-corrected chi connectivity index (χ1v) is 5.37. The molecule has 1 fully saturated rings. The summed E-state index contributed by atoms with van der Waals surface area (Å²) in [4.78, 5) is 12.8. The van der Waals surface area contributed by atoms with Gasteiger partial charge in [-0.3, -0.25) is 10.2 Å². The number of rotatable bonds is 2. The van der Waals surface area contributed by atoms with Crippen LogP contribution < -0.4 is 10.1 Å². The third-order valence-electron chi connectivity index (χ3n) is 2.71. The highest BCUT2D eigenvalue weighted by molar-refractivity contribution is 7.80. The molecule has 0 aliphatic carbocycles. The first-order chi connectivity index (χ1) is 7.99. The minimum absolute atomic E-state index is 0.132. The standard InChI is InChI=1S/C11H12N2O3S/c1-13-9(17)11(15,12-10(13)14)7-3-5-8(16-2)6-4-7/h3-6,15H,1-2H3,(H,12,14)/t11-/m0/s1. The van der Waals surface area contributed by atoms with Gasteiger partial charge in [-0.05, 0) is 12.1 Å². The molecule has 0 radical (unpaired) electrons. The fourth-order valence-corrected chi connectivity index (χ4v) is 1.91. The van der Waals surface area contributed by atoms with Crippen molar-refractivity contribution >= 4 is 23.2 Å². The van der Waals surface area contributed by atoms with E-state index in [0.29, 0.717) is 11.3 Å². The lowest BCUT2D eigenvalue weighted by Crippen LogP contribution is -2.42. The number of nitrogens with one attached hydrogen (secondary N) is 1. The van der Waals surface area contributed by atoms with Crippen LogP contribution in [0.2, 0.25) is 0 Å². The van der Waals surface area contributed by atoms with Crippen LogP contribution in [0.1, 0.15) is 5.56 Å². The molecule has 2 amide bonds. The van der Waals surface area contributed by atoms with Crippen LogP contribution in [-0.2, 0) is 5.72 Å². The Hall–Kier alpha value is -1.66. The summed E-state index contributed by atoms with van der Waals surface area (Å²) in [5, 5.41) is 12.8. The Morgan fingerprint density at radius 1 is 1.41 bits per heavy atom. The van der Waals surface area contributed by atoms with E-state index >= 15 is 0 Å². The van der Waals surface area contributed by atoms with Gasteiger partial charge in [0.15, 0.2) is 0 Å². The summed E-state index contributed by atoms with van der Waals surface area (Å²) in [6.07, 6.45) is 0. The van der Waals surface area contributed by atoms with Crippen molar-refractivity contribution in [1.82, 2.24) is 10.2 Å². The van der Waals surface area contributed by atoms with E-state index in [9.17, 15) is 9.90 Å². The minimum atomic E-state index is -1.62. The lowest BCUT2D eigenvalue weighted by atomic mass is 10.0. The Morgan fingerprint density at radius 2 is 2.00 bits per heavy atom. The molecule has 1 aromatic rings. The van der Waals surface area contributed by atoms with Gasteiger partial charge in [-0.15, -0.1) is 0 Å². The van der Waals surface area contributed by atoms with Gasteiger partial charge in [0.1, 0.15) is 10.7 Å². The zero-order valence-corrected chi connectivity index (χ0v) is 10.2. The average Bonchev–Trinajstić information content (AvgIpc) is 2.55. The van der Waals surface area contributed by atoms with Gasteiger partial charge in [0, 0.05) is 12.6 Å². The molecular weight excluding hydrogens is 240 g/mol. The first kappa shape index (κ1) is 11.8. The lowest BCUT2D eigenvalue weighted by Gasteiger charge is -2.22. The van der Waals surface area contributed by atoms with Gasteiger partial charge in [0.05, 0.1) is 7.11 Å². The number of aliphatic hydroxyl groups is 1. The van der Waals surface area contributed by atoms with Crippen molar-refractivity contribution in [3.63, 3.8) is 0 Å². The Labute approximate surface area is 104 Å². The van der Waals surface area contributed by atoms with Crippen molar-refractivity contribution in [2.45, 2.75) is 5.72 Å². The number of nitrogens with zero attached hydrogens (tertiary/aromatic N) is 1. The predicted molar refractivity (Wildman–Crippen MR) is 65.8 cm³/mol. The third-order valence-corrected chi connectivity index (χ3v) is 3.28. The number of hydrogen-bond acceptors (Lipinski definition) is 4. The van der Waals surface area contributed by atoms with Crippen LogP contribution in [0.4, 0.5) is 4.79 Å². The molecule has 2 rings (SSSR count). The maximum Gasteiger partial charge on any atom is 0.324 e. The number of carbonyl (C=O) groups is 1. The van der Waals surface area contributed by atoms with Gasteiger partial charge >= 0.3 is 6.03 Å². The largest absolute Gasteiger partial charge is 0.497 e. The molecule has 90 valence electrons. The number of hydrogen-bond donors (Lipinski definition) is 2. The number of ether oxygens (including phenoxy) is 1. The summed E-state index contributed by atoms with van der Waals surface area (Å²) >= 11 is 5.06. The Bertz CT molecular complexity index is 474. The SMILES string of the molecule is COc1ccc([C@@]2(O)NC(=O)N(C)C2=S)cc1. The highest BCUT2D eigenvalue weighted by Gasteiger charge is 2.46. The number of methoxy groups -OCH3 is 1. The van der Waals surface area contributed by atoms with Gasteiger partial charge in [-0.2, -0.15) is 0 Å². The Balaban J connectivity index is 2.38. The number of likely N-dealkylation sites (N-methyl/N-ethyl adjacent to an activating group) is 1. The molecule has 1 aliphatic rings. The van der Waals surface area contributed by atoms with E-state index in [2.05, 4.69) is 5.32 Å². The molecule has 1 aromatic carbocycles. The normalized spacial score (nSPS) is 23.8.